The zero-order valence-corrected chi connectivity index (χ0v) is 27.7. The summed E-state index contributed by atoms with van der Waals surface area (Å²) in [5.41, 5.74) is 0.714. The fourth-order valence-corrected chi connectivity index (χ4v) is 9.95. The van der Waals surface area contributed by atoms with Crippen molar-refractivity contribution in [3.63, 3.8) is 0 Å². The van der Waals surface area contributed by atoms with Crippen LogP contribution in [-0.4, -0.2) is 34.5 Å². The van der Waals surface area contributed by atoms with E-state index in [1.165, 1.54) is 5.57 Å². The van der Waals surface area contributed by atoms with E-state index >= 15 is 0 Å². The Morgan fingerprint density at radius 3 is 2.33 bits per heavy atom. The lowest BCUT2D eigenvalue weighted by Crippen LogP contribution is -2.52. The van der Waals surface area contributed by atoms with Gasteiger partial charge in [0.1, 0.15) is 11.9 Å². The van der Waals surface area contributed by atoms with Gasteiger partial charge in [0.2, 0.25) is 17.3 Å². The molecule has 45 heavy (non-hydrogen) atoms. The normalized spacial score (nSPS) is 33.5. The molecule has 0 aromatic carbocycles. The zero-order valence-electron chi connectivity index (χ0n) is 27.7. The first kappa shape index (κ1) is 33.6. The van der Waals surface area contributed by atoms with Crippen LogP contribution in [0.1, 0.15) is 137 Å². The van der Waals surface area contributed by atoms with Gasteiger partial charge < -0.3 is 19.4 Å². The highest BCUT2D eigenvalue weighted by atomic mass is 16.7. The van der Waals surface area contributed by atoms with Crippen molar-refractivity contribution in [1.29, 1.82) is 0 Å². The third kappa shape index (κ3) is 6.73. The van der Waals surface area contributed by atoms with Gasteiger partial charge in [-0.2, -0.15) is 0 Å². The lowest BCUT2D eigenvalue weighted by Gasteiger charge is -2.57. The van der Waals surface area contributed by atoms with Crippen molar-refractivity contribution in [3.05, 3.63) is 28.1 Å². The predicted octanol–water partition coefficient (Wildman–Crippen LogP) is 8.36. The molecule has 0 spiro atoms. The van der Waals surface area contributed by atoms with Crippen molar-refractivity contribution in [1.82, 2.24) is 0 Å². The van der Waals surface area contributed by atoms with E-state index < -0.39 is 17.9 Å². The summed E-state index contributed by atoms with van der Waals surface area (Å²) in [5, 5.41) is 11.5. The molecule has 0 aromatic rings. The molecule has 5 rings (SSSR count). The number of unbranched alkanes of at least 4 members (excludes halogenated alkanes) is 7. The fraction of sp³-hybridized carbons (Fsp3) is 0.806. The standard InChI is InChI=1S/C36H53NO8/c1-34(2)43-32-30(39)21-23-15-16-25-26-17-18-28(35(26,3)20-19-27(25)36(23,4)33(32)44-34)29(38)22-24(45-37-42)13-11-9-7-5-6-8-10-12-14-31(40)41/h21,24-28H,5-20,22H2,1-4H3,(H,40,41)/t24?,25-,26-,27-,28-,35-,36-/m0/s1. The smallest absolute Gasteiger partial charge is 0.303 e. The summed E-state index contributed by atoms with van der Waals surface area (Å²) in [6.07, 6.45) is 16.1. The van der Waals surface area contributed by atoms with E-state index in [2.05, 4.69) is 19.2 Å². The Balaban J connectivity index is 1.15. The SMILES string of the molecule is CC1(C)OC2=C(O1)[C@@]1(C)C(=CC2=O)CC[C@@H]2[C@@H]1CC[C@]1(C)[C@H](C(=O)CC(CCCCCCCCCCC(=O)O)ON=O)CC[C@@H]21. The quantitative estimate of drug-likeness (QED) is 0.103. The highest BCUT2D eigenvalue weighted by Crippen LogP contribution is 2.68. The van der Waals surface area contributed by atoms with E-state index in [1.807, 2.05) is 13.8 Å². The zero-order chi connectivity index (χ0) is 32.4. The molecular formula is C36H53NO8. The molecule has 5 aliphatic rings. The summed E-state index contributed by atoms with van der Waals surface area (Å²) in [5.74, 6) is 0.797. The van der Waals surface area contributed by atoms with Gasteiger partial charge in [0.05, 0.1) is 5.41 Å². The first-order valence-electron chi connectivity index (χ1n) is 17.5. The number of hydrogen-bond acceptors (Lipinski definition) is 8. The Bertz CT molecular complexity index is 1220. The molecule has 0 saturated heterocycles. The highest BCUT2D eigenvalue weighted by molar-refractivity contribution is 6.05. The maximum Gasteiger partial charge on any atom is 0.303 e. The van der Waals surface area contributed by atoms with Crippen molar-refractivity contribution in [3.8, 4) is 0 Å². The van der Waals surface area contributed by atoms with Crippen molar-refractivity contribution < 1.29 is 33.8 Å². The number of Topliss-reactive ketones (excluding diaryl/α,β-unsaturated/α-hetero) is 1. The molecular weight excluding hydrogens is 574 g/mol. The predicted molar refractivity (Wildman–Crippen MR) is 168 cm³/mol. The van der Waals surface area contributed by atoms with Crippen molar-refractivity contribution >= 4 is 17.5 Å². The molecule has 0 amide bonds. The van der Waals surface area contributed by atoms with Crippen molar-refractivity contribution in [2.24, 2.45) is 39.8 Å². The first-order valence-corrected chi connectivity index (χ1v) is 17.5. The number of ether oxygens (including phenoxy) is 2. The van der Waals surface area contributed by atoms with Gasteiger partial charge in [0.25, 0.3) is 0 Å². The number of nitrogens with zero attached hydrogens (tertiary/aromatic N) is 1. The Kier molecular flexibility index (Phi) is 10.1. The number of carbonyl (C=O) groups excluding carboxylic acids is 2. The number of ketones is 2. The summed E-state index contributed by atoms with van der Waals surface area (Å²) in [4.78, 5) is 53.7. The summed E-state index contributed by atoms with van der Waals surface area (Å²) in [6.45, 7) is 8.29. The average molecular weight is 628 g/mol. The number of carboxylic acids is 1. The molecule has 7 atom stereocenters. The van der Waals surface area contributed by atoms with Crippen LogP contribution in [0.5, 0.6) is 0 Å². The van der Waals surface area contributed by atoms with Crippen LogP contribution in [0.25, 0.3) is 0 Å². The number of allylic oxidation sites excluding steroid dienone is 2. The second-order valence-corrected chi connectivity index (χ2v) is 15.3. The minimum absolute atomic E-state index is 0.0419. The van der Waals surface area contributed by atoms with Crippen LogP contribution in [0.3, 0.4) is 0 Å². The number of aliphatic carboxylic acids is 1. The Morgan fingerprint density at radius 1 is 0.956 bits per heavy atom. The minimum atomic E-state index is -0.854. The van der Waals surface area contributed by atoms with Crippen LogP contribution in [0.15, 0.2) is 28.5 Å². The van der Waals surface area contributed by atoms with Gasteiger partial charge in [-0.05, 0) is 94.0 Å². The topological polar surface area (TPSA) is 129 Å². The largest absolute Gasteiger partial charge is 0.481 e. The monoisotopic (exact) mass is 627 g/mol. The molecule has 1 heterocycles. The van der Waals surface area contributed by atoms with E-state index in [4.69, 9.17) is 19.4 Å². The first-order chi connectivity index (χ1) is 21.4. The van der Waals surface area contributed by atoms with E-state index in [9.17, 15) is 19.3 Å². The summed E-state index contributed by atoms with van der Waals surface area (Å²) in [7, 11) is 0. The third-order valence-corrected chi connectivity index (χ3v) is 12.2. The molecule has 1 unspecified atom stereocenters. The lowest BCUT2D eigenvalue weighted by atomic mass is 9.47. The number of carboxylic acid groups (broad SMARTS) is 1. The maximum absolute atomic E-state index is 13.9. The molecule has 3 saturated carbocycles. The average Bonchev–Trinajstić information content (AvgIpc) is 3.51. The number of rotatable bonds is 16. The fourth-order valence-electron chi connectivity index (χ4n) is 9.95. The minimum Gasteiger partial charge on any atom is -0.481 e. The molecule has 0 radical (unpaired) electrons. The molecule has 250 valence electrons. The highest BCUT2D eigenvalue weighted by Gasteiger charge is 2.63. The Labute approximate surface area is 267 Å². The second-order valence-electron chi connectivity index (χ2n) is 15.3. The molecule has 0 aromatic heterocycles. The van der Waals surface area contributed by atoms with Gasteiger partial charge in [-0.1, -0.05) is 51.0 Å². The van der Waals surface area contributed by atoms with Gasteiger partial charge >= 0.3 is 5.97 Å². The maximum atomic E-state index is 13.9. The van der Waals surface area contributed by atoms with E-state index in [0.29, 0.717) is 29.9 Å². The van der Waals surface area contributed by atoms with E-state index in [0.717, 1.165) is 95.7 Å². The van der Waals surface area contributed by atoms with Gasteiger partial charge in [-0.3, -0.25) is 14.4 Å². The molecule has 0 bridgehead atoms. The summed E-state index contributed by atoms with van der Waals surface area (Å²) >= 11 is 0. The van der Waals surface area contributed by atoms with Crippen LogP contribution in [-0.2, 0) is 28.7 Å². The second kappa shape index (κ2) is 13.6. The van der Waals surface area contributed by atoms with Crippen molar-refractivity contribution in [2.45, 2.75) is 149 Å². The van der Waals surface area contributed by atoms with Crippen LogP contribution in [0, 0.1) is 39.4 Å². The van der Waals surface area contributed by atoms with E-state index in [-0.39, 0.29) is 41.2 Å². The van der Waals surface area contributed by atoms with Crippen molar-refractivity contribution in [2.75, 3.05) is 0 Å². The number of hydrogen-bond donors (Lipinski definition) is 1. The molecule has 1 N–H and O–H groups in total. The molecule has 4 aliphatic carbocycles. The van der Waals surface area contributed by atoms with Gasteiger partial charge in [0, 0.05) is 32.6 Å². The molecule has 1 aliphatic heterocycles. The molecule has 9 heteroatoms. The molecule has 3 fully saturated rings. The number of carbonyl (C=O) groups is 3. The number of fused-ring (bicyclic) bond motifs is 6. The third-order valence-electron chi connectivity index (χ3n) is 12.2. The van der Waals surface area contributed by atoms with Gasteiger partial charge in [-0.15, -0.1) is 4.91 Å². The summed E-state index contributed by atoms with van der Waals surface area (Å²) in [6, 6.07) is 0. The van der Waals surface area contributed by atoms with Crippen LogP contribution >= 0.6 is 0 Å². The van der Waals surface area contributed by atoms with Crippen LogP contribution < -0.4 is 0 Å². The molecule has 9 nitrogen and oxygen atoms in total. The lowest BCUT2D eigenvalue weighted by molar-refractivity contribution is -0.143. The van der Waals surface area contributed by atoms with Crippen LogP contribution in [0.2, 0.25) is 0 Å². The Morgan fingerprint density at radius 2 is 1.64 bits per heavy atom. The van der Waals surface area contributed by atoms with Gasteiger partial charge in [-0.25, -0.2) is 0 Å². The Hall–Kier alpha value is -2.71. The van der Waals surface area contributed by atoms with Crippen LogP contribution in [0.4, 0.5) is 0 Å². The summed E-state index contributed by atoms with van der Waals surface area (Å²) < 4.78 is 12.4. The van der Waals surface area contributed by atoms with E-state index in [1.54, 1.807) is 6.08 Å². The van der Waals surface area contributed by atoms with Gasteiger partial charge in [0.15, 0.2) is 11.1 Å².